The van der Waals surface area contributed by atoms with Crippen molar-refractivity contribution < 1.29 is 0 Å². The van der Waals surface area contributed by atoms with Gasteiger partial charge in [-0.2, -0.15) is 11.8 Å². The van der Waals surface area contributed by atoms with Crippen LogP contribution in [0.2, 0.25) is 0 Å². The lowest BCUT2D eigenvalue weighted by Gasteiger charge is -2.28. The summed E-state index contributed by atoms with van der Waals surface area (Å²) in [5.41, 5.74) is -0.00742. The van der Waals surface area contributed by atoms with Crippen molar-refractivity contribution >= 4 is 17.6 Å². The molecule has 1 saturated carbocycles. The van der Waals surface area contributed by atoms with Gasteiger partial charge in [-0.1, -0.05) is 0 Å². The fourth-order valence-electron chi connectivity index (χ4n) is 2.43. The second-order valence-corrected chi connectivity index (χ2v) is 5.86. The highest BCUT2D eigenvalue weighted by Crippen LogP contribution is 2.27. The highest BCUT2D eigenvalue weighted by Gasteiger charge is 2.21. The number of aromatic nitrogens is 2. The Labute approximate surface area is 112 Å². The fourth-order valence-corrected chi connectivity index (χ4v) is 3.18. The Balaban J connectivity index is 2.00. The van der Waals surface area contributed by atoms with Gasteiger partial charge in [-0.25, -0.2) is 4.98 Å². The topological polar surface area (TPSA) is 46.9 Å². The van der Waals surface area contributed by atoms with Gasteiger partial charge in [-0.3, -0.25) is 4.79 Å². The van der Waals surface area contributed by atoms with Gasteiger partial charge >= 0.3 is 0 Å². The molecule has 1 aliphatic rings. The number of thioether (sulfide) groups is 1. The Morgan fingerprint density at radius 3 is 2.78 bits per heavy atom. The molecular formula is C13H21N3OS. The third-order valence-corrected chi connectivity index (χ3v) is 4.74. The molecule has 0 bridgehead atoms. The van der Waals surface area contributed by atoms with Crippen molar-refractivity contribution in [2.45, 2.75) is 50.4 Å². The quantitative estimate of drug-likeness (QED) is 0.909. The highest BCUT2D eigenvalue weighted by atomic mass is 32.2. The minimum atomic E-state index is -0.00742. The Bertz CT molecular complexity index is 438. The highest BCUT2D eigenvalue weighted by molar-refractivity contribution is 7.99. The number of hydrogen-bond donors (Lipinski definition) is 1. The van der Waals surface area contributed by atoms with Crippen LogP contribution in [0.5, 0.6) is 0 Å². The van der Waals surface area contributed by atoms with E-state index >= 15 is 0 Å². The van der Waals surface area contributed by atoms with Crippen LogP contribution in [-0.2, 0) is 6.54 Å². The summed E-state index contributed by atoms with van der Waals surface area (Å²) in [4.78, 5) is 16.2. The molecule has 0 radical (unpaired) electrons. The summed E-state index contributed by atoms with van der Waals surface area (Å²) >= 11 is 1.95. The first-order valence-corrected chi connectivity index (χ1v) is 7.88. The molecule has 1 aliphatic carbocycles. The van der Waals surface area contributed by atoms with E-state index in [0.717, 1.165) is 18.1 Å². The standard InChI is InChI=1S/C13H21N3OS/c1-3-16-9-8-14-12(13(16)17)15-10-4-6-11(18-2)7-5-10/h8-11H,3-7H2,1-2H3,(H,14,15). The van der Waals surface area contributed by atoms with E-state index in [9.17, 15) is 4.79 Å². The van der Waals surface area contributed by atoms with Gasteiger partial charge in [-0.05, 0) is 38.9 Å². The van der Waals surface area contributed by atoms with Gasteiger partial charge in [0.2, 0.25) is 0 Å². The number of rotatable bonds is 4. The molecule has 1 heterocycles. The van der Waals surface area contributed by atoms with Gasteiger partial charge in [0.05, 0.1) is 0 Å². The first-order valence-electron chi connectivity index (χ1n) is 6.59. The molecule has 4 nitrogen and oxygen atoms in total. The maximum absolute atomic E-state index is 12.0. The minimum absolute atomic E-state index is 0.00742. The molecule has 100 valence electrons. The lowest BCUT2D eigenvalue weighted by Crippen LogP contribution is -2.32. The minimum Gasteiger partial charge on any atom is -0.363 e. The predicted molar refractivity (Wildman–Crippen MR) is 77.4 cm³/mol. The van der Waals surface area contributed by atoms with Crippen molar-refractivity contribution in [2.24, 2.45) is 0 Å². The fraction of sp³-hybridized carbons (Fsp3) is 0.692. The molecule has 0 atom stereocenters. The largest absolute Gasteiger partial charge is 0.363 e. The van der Waals surface area contributed by atoms with Crippen LogP contribution in [0.4, 0.5) is 5.82 Å². The molecule has 1 aromatic heterocycles. The molecule has 0 saturated heterocycles. The van der Waals surface area contributed by atoms with E-state index in [0.29, 0.717) is 18.4 Å². The van der Waals surface area contributed by atoms with Gasteiger partial charge in [0.15, 0.2) is 5.82 Å². The van der Waals surface area contributed by atoms with E-state index in [4.69, 9.17) is 0 Å². The Morgan fingerprint density at radius 2 is 2.17 bits per heavy atom. The van der Waals surface area contributed by atoms with Gasteiger partial charge in [0.25, 0.3) is 5.56 Å². The van der Waals surface area contributed by atoms with E-state index in [1.807, 2.05) is 18.7 Å². The molecule has 1 N–H and O–H groups in total. The van der Waals surface area contributed by atoms with Crippen LogP contribution in [0.3, 0.4) is 0 Å². The van der Waals surface area contributed by atoms with Crippen LogP contribution in [0.15, 0.2) is 17.2 Å². The third kappa shape index (κ3) is 3.07. The average molecular weight is 267 g/mol. The van der Waals surface area contributed by atoms with Crippen molar-refractivity contribution in [1.82, 2.24) is 9.55 Å². The second kappa shape index (κ2) is 6.27. The molecular weight excluding hydrogens is 246 g/mol. The molecule has 0 aliphatic heterocycles. The smallest absolute Gasteiger partial charge is 0.293 e. The zero-order valence-corrected chi connectivity index (χ0v) is 11.9. The summed E-state index contributed by atoms with van der Waals surface area (Å²) in [5.74, 6) is 0.506. The summed E-state index contributed by atoms with van der Waals surface area (Å²) in [6, 6.07) is 0.404. The van der Waals surface area contributed by atoms with Crippen LogP contribution in [0.1, 0.15) is 32.6 Å². The first-order chi connectivity index (χ1) is 8.74. The molecule has 18 heavy (non-hydrogen) atoms. The van der Waals surface area contributed by atoms with Gasteiger partial charge < -0.3 is 9.88 Å². The van der Waals surface area contributed by atoms with Gasteiger partial charge in [0.1, 0.15) is 0 Å². The summed E-state index contributed by atoms with van der Waals surface area (Å²) in [6.07, 6.45) is 10.3. The summed E-state index contributed by atoms with van der Waals surface area (Å²) in [7, 11) is 0. The molecule has 0 spiro atoms. The van der Waals surface area contributed by atoms with Crippen molar-refractivity contribution in [2.75, 3.05) is 11.6 Å². The van der Waals surface area contributed by atoms with Crippen LogP contribution >= 0.6 is 11.8 Å². The zero-order valence-electron chi connectivity index (χ0n) is 11.1. The zero-order chi connectivity index (χ0) is 13.0. The first kappa shape index (κ1) is 13.5. The van der Waals surface area contributed by atoms with Crippen molar-refractivity contribution in [3.05, 3.63) is 22.7 Å². The van der Waals surface area contributed by atoms with E-state index in [1.165, 1.54) is 12.8 Å². The third-order valence-electron chi connectivity index (χ3n) is 3.60. The Hall–Kier alpha value is -0.970. The van der Waals surface area contributed by atoms with Crippen LogP contribution in [-0.4, -0.2) is 27.1 Å². The number of hydrogen-bond acceptors (Lipinski definition) is 4. The molecule has 0 amide bonds. The Kier molecular flexibility index (Phi) is 4.69. The molecule has 1 aromatic rings. The molecule has 5 heteroatoms. The molecule has 2 rings (SSSR count). The molecule has 0 unspecified atom stereocenters. The number of aryl methyl sites for hydroxylation is 1. The lowest BCUT2D eigenvalue weighted by molar-refractivity contribution is 0.471. The second-order valence-electron chi connectivity index (χ2n) is 4.72. The monoisotopic (exact) mass is 267 g/mol. The van der Waals surface area contributed by atoms with Crippen molar-refractivity contribution in [1.29, 1.82) is 0 Å². The predicted octanol–water partition coefficient (Wildman–Crippen LogP) is 2.35. The lowest BCUT2D eigenvalue weighted by atomic mass is 9.95. The van der Waals surface area contributed by atoms with E-state index in [-0.39, 0.29) is 5.56 Å². The summed E-state index contributed by atoms with van der Waals surface area (Å²) in [6.45, 7) is 2.66. The van der Waals surface area contributed by atoms with E-state index in [2.05, 4.69) is 16.6 Å². The normalized spacial score (nSPS) is 23.9. The van der Waals surface area contributed by atoms with E-state index in [1.54, 1.807) is 17.0 Å². The summed E-state index contributed by atoms with van der Waals surface area (Å²) in [5, 5.41) is 4.11. The molecule has 0 aromatic carbocycles. The maximum atomic E-state index is 12.0. The van der Waals surface area contributed by atoms with Crippen LogP contribution in [0.25, 0.3) is 0 Å². The molecule has 1 fully saturated rings. The average Bonchev–Trinajstić information content (AvgIpc) is 2.42. The van der Waals surface area contributed by atoms with Crippen LogP contribution in [0, 0.1) is 0 Å². The van der Waals surface area contributed by atoms with Crippen molar-refractivity contribution in [3.8, 4) is 0 Å². The SMILES string of the molecule is CCn1ccnc(NC2CCC(SC)CC2)c1=O. The number of anilines is 1. The van der Waals surface area contributed by atoms with Gasteiger partial charge in [0, 0.05) is 30.2 Å². The van der Waals surface area contributed by atoms with Crippen molar-refractivity contribution in [3.63, 3.8) is 0 Å². The summed E-state index contributed by atoms with van der Waals surface area (Å²) < 4.78 is 1.68. The van der Waals surface area contributed by atoms with E-state index < -0.39 is 0 Å². The van der Waals surface area contributed by atoms with Crippen LogP contribution < -0.4 is 10.9 Å². The van der Waals surface area contributed by atoms with Gasteiger partial charge in [-0.15, -0.1) is 0 Å². The maximum Gasteiger partial charge on any atom is 0.293 e. The number of nitrogens with one attached hydrogen (secondary N) is 1. The Morgan fingerprint density at radius 1 is 1.44 bits per heavy atom. The number of nitrogens with zero attached hydrogens (tertiary/aromatic N) is 2.